The van der Waals surface area contributed by atoms with Crippen LogP contribution in [0.5, 0.6) is 0 Å². The summed E-state index contributed by atoms with van der Waals surface area (Å²) in [7, 11) is 0. The first kappa shape index (κ1) is 16.9. The van der Waals surface area contributed by atoms with Crippen molar-refractivity contribution >= 4 is 39.5 Å². The Labute approximate surface area is 143 Å². The van der Waals surface area contributed by atoms with Gasteiger partial charge >= 0.3 is 127 Å². The van der Waals surface area contributed by atoms with Gasteiger partial charge in [-0.3, -0.25) is 0 Å². The van der Waals surface area contributed by atoms with Crippen LogP contribution in [0.1, 0.15) is 0 Å². The molecule has 0 bridgehead atoms. The molecule has 114 valence electrons. The molecule has 0 atom stereocenters. The number of rotatable bonds is 3. The zero-order chi connectivity index (χ0) is 14.8. The molecule has 0 heterocycles. The van der Waals surface area contributed by atoms with Crippen molar-refractivity contribution in [3.8, 4) is 0 Å². The van der Waals surface area contributed by atoms with Crippen LogP contribution in [0.2, 0.25) is 0 Å². The average Bonchev–Trinajstić information content (AvgIpc) is 2.57. The Morgan fingerprint density at radius 1 is 0.455 bits per heavy atom. The summed E-state index contributed by atoms with van der Waals surface area (Å²) in [4.78, 5) is 0. The van der Waals surface area contributed by atoms with Crippen molar-refractivity contribution < 1.29 is 0 Å². The van der Waals surface area contributed by atoms with Gasteiger partial charge in [-0.2, -0.15) is 0 Å². The fraction of sp³-hybridized carbons (Fsp3) is 0.100. The Morgan fingerprint density at radius 2 is 0.682 bits per heavy atom. The van der Waals surface area contributed by atoms with Crippen molar-refractivity contribution in [2.24, 2.45) is 0 Å². The zero-order valence-electron chi connectivity index (χ0n) is 13.0. The molecule has 22 heavy (non-hydrogen) atoms. The molecule has 3 aromatic carbocycles. The molecule has 0 unspecified atom stereocenters. The monoisotopic (exact) mass is 372 g/mol. The summed E-state index contributed by atoms with van der Waals surface area (Å²) >= 11 is 0. The first-order chi connectivity index (χ1) is 10.1. The van der Waals surface area contributed by atoms with Gasteiger partial charge in [0.15, 0.2) is 0 Å². The first-order valence-electron chi connectivity index (χ1n) is 7.30. The molecule has 0 saturated heterocycles. The molecule has 0 N–H and O–H groups in total. The van der Waals surface area contributed by atoms with Crippen LogP contribution in [0.25, 0.3) is 0 Å². The van der Waals surface area contributed by atoms with E-state index in [9.17, 15) is 0 Å². The van der Waals surface area contributed by atoms with E-state index in [4.69, 9.17) is 0 Å². The standard InChI is InChI=1S/C20H21P.BrH/c1-21(2,18-12-6-3-7-13-18,19-14-8-4-9-15-19)20-16-10-5-11-17-20;/h3-17H,1-2H3;1H. The predicted molar refractivity (Wildman–Crippen MR) is 107 cm³/mol. The Bertz CT molecular complexity index is 618. The fourth-order valence-corrected chi connectivity index (χ4v) is 7.17. The van der Waals surface area contributed by atoms with Crippen LogP contribution in [0.3, 0.4) is 0 Å². The van der Waals surface area contributed by atoms with Crippen LogP contribution < -0.4 is 15.9 Å². The molecule has 3 rings (SSSR count). The van der Waals surface area contributed by atoms with Gasteiger partial charge in [-0.1, -0.05) is 0 Å². The average molecular weight is 373 g/mol. The molecule has 0 aliphatic heterocycles. The van der Waals surface area contributed by atoms with E-state index in [1.165, 1.54) is 15.9 Å². The molecular formula is C20H22BrP. The second kappa shape index (κ2) is 6.36. The molecule has 0 nitrogen and oxygen atoms in total. The second-order valence-corrected chi connectivity index (χ2v) is 11.9. The maximum absolute atomic E-state index is 2.45. The molecule has 0 spiro atoms. The third kappa shape index (κ3) is 2.64. The number of hydrogen-bond acceptors (Lipinski definition) is 0. The van der Waals surface area contributed by atoms with Crippen molar-refractivity contribution in [2.75, 3.05) is 13.3 Å². The molecule has 0 aliphatic carbocycles. The normalized spacial score (nSPS) is 12.7. The van der Waals surface area contributed by atoms with E-state index in [1.54, 1.807) is 0 Å². The Morgan fingerprint density at radius 3 is 0.909 bits per heavy atom. The van der Waals surface area contributed by atoms with Crippen molar-refractivity contribution in [3.63, 3.8) is 0 Å². The molecule has 0 saturated carbocycles. The molecule has 2 heteroatoms. The van der Waals surface area contributed by atoms with Crippen LogP contribution in [-0.4, -0.2) is 13.3 Å². The molecule has 3 aromatic rings. The summed E-state index contributed by atoms with van der Waals surface area (Å²) in [5.41, 5.74) is 0. The first-order valence-corrected chi connectivity index (χ1v) is 10.4. The van der Waals surface area contributed by atoms with E-state index in [0.717, 1.165) is 0 Å². The summed E-state index contributed by atoms with van der Waals surface area (Å²) in [5.74, 6) is 0. The van der Waals surface area contributed by atoms with Gasteiger partial charge in [-0.15, -0.1) is 17.0 Å². The van der Waals surface area contributed by atoms with Gasteiger partial charge in [0.05, 0.1) is 0 Å². The summed E-state index contributed by atoms with van der Waals surface area (Å²) in [6.07, 6.45) is 0. The van der Waals surface area contributed by atoms with E-state index < -0.39 is 6.60 Å². The summed E-state index contributed by atoms with van der Waals surface area (Å²) in [6.45, 7) is 2.53. The number of benzene rings is 3. The van der Waals surface area contributed by atoms with Crippen molar-refractivity contribution in [1.29, 1.82) is 0 Å². The third-order valence-corrected chi connectivity index (χ3v) is 10.1. The van der Waals surface area contributed by atoms with E-state index in [1.807, 2.05) is 0 Å². The van der Waals surface area contributed by atoms with Crippen molar-refractivity contribution in [2.45, 2.75) is 0 Å². The Kier molecular flexibility index (Phi) is 4.90. The van der Waals surface area contributed by atoms with Gasteiger partial charge in [0.25, 0.3) is 0 Å². The van der Waals surface area contributed by atoms with Crippen molar-refractivity contribution in [1.82, 2.24) is 0 Å². The van der Waals surface area contributed by atoms with Gasteiger partial charge in [0, 0.05) is 0 Å². The topological polar surface area (TPSA) is 0 Å². The van der Waals surface area contributed by atoms with Gasteiger partial charge in [-0.25, -0.2) is 0 Å². The quantitative estimate of drug-likeness (QED) is 0.599. The van der Waals surface area contributed by atoms with Crippen LogP contribution >= 0.6 is 23.6 Å². The number of halogens is 1. The van der Waals surface area contributed by atoms with Crippen LogP contribution in [0, 0.1) is 0 Å². The van der Waals surface area contributed by atoms with Crippen molar-refractivity contribution in [3.05, 3.63) is 91.0 Å². The summed E-state index contributed by atoms with van der Waals surface area (Å²) in [5, 5.41) is 4.29. The van der Waals surface area contributed by atoms with Crippen LogP contribution in [0.15, 0.2) is 91.0 Å². The SMILES string of the molecule is Br.CP(C)(c1ccccc1)(c1ccccc1)c1ccccc1. The summed E-state index contributed by atoms with van der Waals surface area (Å²) < 4.78 is 0. The molecule has 0 aliphatic rings. The predicted octanol–water partition coefficient (Wildman–Crippen LogP) is 4.35. The third-order valence-electron chi connectivity index (χ3n) is 4.59. The fourth-order valence-electron chi connectivity index (χ4n) is 3.07. The number of hydrogen-bond donors (Lipinski definition) is 0. The molecule has 0 amide bonds. The second-order valence-electron chi connectivity index (χ2n) is 6.13. The molecular weight excluding hydrogens is 351 g/mol. The maximum atomic E-state index is 2.45. The van der Waals surface area contributed by atoms with Gasteiger partial charge < -0.3 is 0 Å². The van der Waals surface area contributed by atoms with Crippen LogP contribution in [0.4, 0.5) is 0 Å². The Hall–Kier alpha value is -1.43. The van der Waals surface area contributed by atoms with Gasteiger partial charge in [-0.05, 0) is 0 Å². The summed E-state index contributed by atoms with van der Waals surface area (Å²) in [6, 6.07) is 32.8. The van der Waals surface area contributed by atoms with E-state index >= 15 is 0 Å². The minimum atomic E-state index is -2.37. The Balaban J connectivity index is 0.00000176. The van der Waals surface area contributed by atoms with Crippen LogP contribution in [-0.2, 0) is 0 Å². The minimum absolute atomic E-state index is 0. The van der Waals surface area contributed by atoms with Gasteiger partial charge in [0.1, 0.15) is 0 Å². The molecule has 0 aromatic heterocycles. The van der Waals surface area contributed by atoms with Gasteiger partial charge in [0.2, 0.25) is 0 Å². The van der Waals surface area contributed by atoms with E-state index in [-0.39, 0.29) is 17.0 Å². The van der Waals surface area contributed by atoms with E-state index in [2.05, 4.69) is 104 Å². The zero-order valence-corrected chi connectivity index (χ0v) is 15.6. The molecule has 0 fully saturated rings. The van der Waals surface area contributed by atoms with E-state index in [0.29, 0.717) is 0 Å². The molecule has 0 radical (unpaired) electrons.